The first-order chi connectivity index (χ1) is 11.6. The molecule has 0 aromatic heterocycles. The quantitative estimate of drug-likeness (QED) is 0.699. The van der Waals surface area contributed by atoms with E-state index >= 15 is 0 Å². The first kappa shape index (κ1) is 19.4. The number of aryl methyl sites for hydroxylation is 1. The van der Waals surface area contributed by atoms with Crippen LogP contribution in [0, 0.1) is 13.8 Å². The van der Waals surface area contributed by atoms with Crippen molar-refractivity contribution in [1.29, 1.82) is 0 Å². The smallest absolute Gasteiger partial charge is 0.329 e. The topological polar surface area (TPSA) is 127 Å². The predicted molar refractivity (Wildman–Crippen MR) is 92.8 cm³/mol. The Kier molecular flexibility index (Phi) is 5.53. The molecule has 4 N–H and O–H groups in total. The Morgan fingerprint density at radius 1 is 1.12 bits per heavy atom. The maximum absolute atomic E-state index is 12.7. The van der Waals surface area contributed by atoms with E-state index in [9.17, 15) is 23.1 Å². The van der Waals surface area contributed by atoms with Gasteiger partial charge in [-0.2, -0.15) is 0 Å². The molecule has 25 heavy (non-hydrogen) atoms. The average Bonchev–Trinajstić information content (AvgIpc) is 2.75. The molecule has 0 atom stereocenters. The molecular weight excluding hydrogens is 344 g/mol. The summed E-state index contributed by atoms with van der Waals surface area (Å²) in [5.74, 6) is -1.66. The minimum absolute atomic E-state index is 0.0944. The number of benzene rings is 1. The van der Waals surface area contributed by atoms with Crippen molar-refractivity contribution in [3.63, 3.8) is 0 Å². The highest BCUT2D eigenvalue weighted by Gasteiger charge is 2.40. The fraction of sp³-hybridized carbons (Fsp3) is 0.529. The van der Waals surface area contributed by atoms with Gasteiger partial charge in [-0.05, 0) is 49.9 Å². The molecule has 1 aromatic rings. The van der Waals surface area contributed by atoms with Gasteiger partial charge < -0.3 is 10.4 Å². The molecule has 1 fully saturated rings. The average molecular weight is 368 g/mol. The van der Waals surface area contributed by atoms with Crippen LogP contribution in [0.3, 0.4) is 0 Å². The summed E-state index contributed by atoms with van der Waals surface area (Å²) in [7, 11) is -3.98. The van der Waals surface area contributed by atoms with E-state index in [1.54, 1.807) is 19.9 Å². The van der Waals surface area contributed by atoms with Crippen molar-refractivity contribution in [3.05, 3.63) is 28.8 Å². The summed E-state index contributed by atoms with van der Waals surface area (Å²) in [5, 5.41) is 17.5. The molecule has 0 aliphatic heterocycles. The van der Waals surface area contributed by atoms with Crippen LogP contribution in [0.15, 0.2) is 17.0 Å². The van der Waals surface area contributed by atoms with E-state index in [0.717, 1.165) is 25.7 Å². The van der Waals surface area contributed by atoms with Crippen LogP contribution in [0.25, 0.3) is 0 Å². The summed E-state index contributed by atoms with van der Waals surface area (Å²) in [6.45, 7) is 3.29. The summed E-state index contributed by atoms with van der Waals surface area (Å²) in [4.78, 5) is 24.4. The number of carbonyl (C=O) groups excluding carboxylic acids is 1. The summed E-state index contributed by atoms with van der Waals surface area (Å²) >= 11 is 0. The van der Waals surface area contributed by atoms with Crippen LogP contribution in [-0.2, 0) is 14.8 Å². The highest BCUT2D eigenvalue weighted by atomic mass is 32.2. The maximum Gasteiger partial charge on any atom is 0.329 e. The Balaban J connectivity index is 2.40. The van der Waals surface area contributed by atoms with Crippen molar-refractivity contribution in [1.82, 2.24) is 5.32 Å². The lowest BCUT2D eigenvalue weighted by molar-refractivity contribution is -0.145. The molecule has 1 amide bonds. The number of nitrogens with one attached hydrogen (secondary N) is 1. The van der Waals surface area contributed by atoms with Crippen molar-refractivity contribution in [3.8, 4) is 0 Å². The third-order valence-corrected chi connectivity index (χ3v) is 5.94. The second-order valence-corrected chi connectivity index (χ2v) is 8.25. The third kappa shape index (κ3) is 4.19. The Morgan fingerprint density at radius 3 is 2.16 bits per heavy atom. The number of sulfonamides is 1. The number of carboxylic acids is 1. The zero-order chi connectivity index (χ0) is 18.8. The van der Waals surface area contributed by atoms with Crippen LogP contribution in [0.2, 0.25) is 0 Å². The number of amides is 1. The number of carboxylic acid groups (broad SMARTS) is 1. The fourth-order valence-corrected chi connectivity index (χ4v) is 4.15. The largest absolute Gasteiger partial charge is 0.480 e. The molecule has 8 heteroatoms. The molecule has 1 aliphatic rings. The van der Waals surface area contributed by atoms with Crippen molar-refractivity contribution in [2.24, 2.45) is 5.14 Å². The number of hydrogen-bond donors (Lipinski definition) is 3. The first-order valence-corrected chi connectivity index (χ1v) is 9.81. The Labute approximate surface area is 147 Å². The molecule has 2 rings (SSSR count). The van der Waals surface area contributed by atoms with Crippen LogP contribution < -0.4 is 10.5 Å². The highest BCUT2D eigenvalue weighted by Crippen LogP contribution is 2.28. The molecule has 138 valence electrons. The van der Waals surface area contributed by atoms with Crippen LogP contribution in [0.4, 0.5) is 0 Å². The van der Waals surface area contributed by atoms with Gasteiger partial charge in [0, 0.05) is 5.56 Å². The van der Waals surface area contributed by atoms with Crippen molar-refractivity contribution in [2.75, 3.05) is 0 Å². The molecule has 0 radical (unpaired) electrons. The summed E-state index contributed by atoms with van der Waals surface area (Å²) in [5.41, 5.74) is -0.144. The summed E-state index contributed by atoms with van der Waals surface area (Å²) in [6.07, 6.45) is 4.04. The van der Waals surface area contributed by atoms with Crippen LogP contribution in [0.5, 0.6) is 0 Å². The van der Waals surface area contributed by atoms with Gasteiger partial charge in [0.25, 0.3) is 5.91 Å². The number of aliphatic carboxylic acids is 1. The van der Waals surface area contributed by atoms with Crippen LogP contribution in [-0.4, -0.2) is 30.9 Å². The number of carbonyl (C=O) groups is 2. The van der Waals surface area contributed by atoms with Gasteiger partial charge in [0.05, 0.1) is 4.90 Å². The zero-order valence-corrected chi connectivity index (χ0v) is 15.3. The number of primary sulfonamides is 1. The number of hydrogen-bond acceptors (Lipinski definition) is 4. The molecule has 1 aliphatic carbocycles. The second-order valence-electron chi connectivity index (χ2n) is 6.72. The standard InChI is InChI=1S/C17H24N2O5S/c1-11-9-13(10-14(12(11)2)25(18,23)24)15(20)19-17(16(21)22)7-5-3-4-6-8-17/h9-10H,3-8H2,1-2H3,(H,19,20)(H,21,22)(H2,18,23,24). The third-order valence-electron chi connectivity index (χ3n) is 4.91. The van der Waals surface area contributed by atoms with Crippen molar-refractivity contribution < 1.29 is 23.1 Å². The van der Waals surface area contributed by atoms with Crippen molar-refractivity contribution >= 4 is 21.9 Å². The molecule has 1 saturated carbocycles. The lowest BCUT2D eigenvalue weighted by Crippen LogP contribution is -2.54. The van der Waals surface area contributed by atoms with E-state index in [1.807, 2.05) is 0 Å². The van der Waals surface area contributed by atoms with Gasteiger partial charge in [-0.3, -0.25) is 4.79 Å². The normalized spacial score (nSPS) is 17.6. The lowest BCUT2D eigenvalue weighted by atomic mass is 9.89. The summed E-state index contributed by atoms with van der Waals surface area (Å²) < 4.78 is 23.5. The molecule has 0 bridgehead atoms. The van der Waals surface area contributed by atoms with Crippen molar-refractivity contribution in [2.45, 2.75) is 62.8 Å². The minimum Gasteiger partial charge on any atom is -0.480 e. The second kappa shape index (κ2) is 7.13. The number of nitrogens with two attached hydrogens (primary N) is 1. The lowest BCUT2D eigenvalue weighted by Gasteiger charge is -2.29. The Morgan fingerprint density at radius 2 is 1.68 bits per heavy atom. The monoisotopic (exact) mass is 368 g/mol. The van der Waals surface area contributed by atoms with Gasteiger partial charge in [-0.25, -0.2) is 18.4 Å². The molecule has 7 nitrogen and oxygen atoms in total. The van der Waals surface area contributed by atoms with Gasteiger partial charge in [0.1, 0.15) is 5.54 Å². The molecule has 1 aromatic carbocycles. The van der Waals surface area contributed by atoms with E-state index in [4.69, 9.17) is 5.14 Å². The maximum atomic E-state index is 12.7. The van der Waals surface area contributed by atoms with E-state index < -0.39 is 27.4 Å². The first-order valence-electron chi connectivity index (χ1n) is 8.27. The molecule has 0 spiro atoms. The van der Waals surface area contributed by atoms with Gasteiger partial charge in [0.15, 0.2) is 0 Å². The molecule has 0 unspecified atom stereocenters. The van der Waals surface area contributed by atoms with Crippen LogP contribution >= 0.6 is 0 Å². The number of rotatable bonds is 4. The highest BCUT2D eigenvalue weighted by molar-refractivity contribution is 7.89. The molecule has 0 heterocycles. The Bertz CT molecular complexity index is 794. The SMILES string of the molecule is Cc1cc(C(=O)NC2(C(=O)O)CCCCCC2)cc(S(N)(=O)=O)c1C. The zero-order valence-electron chi connectivity index (χ0n) is 14.5. The molecular formula is C17H24N2O5S. The minimum atomic E-state index is -3.98. The van der Waals surface area contributed by atoms with E-state index in [1.165, 1.54) is 6.07 Å². The Hall–Kier alpha value is -1.93. The predicted octanol–water partition coefficient (Wildman–Crippen LogP) is 1.86. The van der Waals surface area contributed by atoms with E-state index in [-0.39, 0.29) is 10.5 Å². The van der Waals surface area contributed by atoms with Gasteiger partial charge in [0.2, 0.25) is 10.0 Å². The van der Waals surface area contributed by atoms with E-state index in [0.29, 0.717) is 24.0 Å². The van der Waals surface area contributed by atoms with E-state index in [2.05, 4.69) is 5.32 Å². The molecule has 0 saturated heterocycles. The van der Waals surface area contributed by atoms with Gasteiger partial charge >= 0.3 is 5.97 Å². The van der Waals surface area contributed by atoms with Gasteiger partial charge in [-0.15, -0.1) is 0 Å². The van der Waals surface area contributed by atoms with Crippen LogP contribution in [0.1, 0.15) is 60.0 Å². The fourth-order valence-electron chi connectivity index (χ4n) is 3.27. The van der Waals surface area contributed by atoms with Gasteiger partial charge in [-0.1, -0.05) is 25.7 Å². The summed E-state index contributed by atoms with van der Waals surface area (Å²) in [6, 6.07) is 2.75.